The molecule has 0 unspecified atom stereocenters. The standard InChI is InChI=1S/C25H23F3N6O/c26-25(27,28)19-5-7-22(30-14-19)31-24(35)23-20-11-17(4-6-21(20)32-33-23)18-10-16(12-29-13-18)15-34-8-2-1-3-9-34/h4-7,10-14H,1-3,8-9,15H2,(H,32,33)(H,30,31,35). The van der Waals surface area contributed by atoms with Gasteiger partial charge in [0, 0.05) is 36.1 Å². The molecule has 1 fully saturated rings. The van der Waals surface area contributed by atoms with Crippen LogP contribution in [0.4, 0.5) is 19.0 Å². The van der Waals surface area contributed by atoms with E-state index in [1.165, 1.54) is 19.3 Å². The van der Waals surface area contributed by atoms with E-state index in [2.05, 4.69) is 36.4 Å². The number of rotatable bonds is 5. The first-order valence-corrected chi connectivity index (χ1v) is 11.4. The smallest absolute Gasteiger partial charge is 0.305 e. The third-order valence-corrected chi connectivity index (χ3v) is 6.09. The number of hydrogen-bond donors (Lipinski definition) is 2. The molecule has 4 aromatic rings. The third kappa shape index (κ3) is 5.17. The monoisotopic (exact) mass is 480 g/mol. The molecule has 5 rings (SSSR count). The van der Waals surface area contributed by atoms with Crippen LogP contribution in [0.1, 0.15) is 40.9 Å². The zero-order chi connectivity index (χ0) is 24.4. The van der Waals surface area contributed by atoms with Gasteiger partial charge in [-0.1, -0.05) is 12.5 Å². The number of amides is 1. The number of halogens is 3. The Morgan fingerprint density at radius 1 is 1.00 bits per heavy atom. The molecule has 3 aromatic heterocycles. The Kier molecular flexibility index (Phi) is 6.21. The van der Waals surface area contributed by atoms with Gasteiger partial charge in [-0.3, -0.25) is 19.8 Å². The average molecular weight is 480 g/mol. The Bertz CT molecular complexity index is 1340. The van der Waals surface area contributed by atoms with Crippen LogP contribution < -0.4 is 5.32 Å². The van der Waals surface area contributed by atoms with Gasteiger partial charge in [0.15, 0.2) is 5.69 Å². The summed E-state index contributed by atoms with van der Waals surface area (Å²) in [5, 5.41) is 10.0. The zero-order valence-corrected chi connectivity index (χ0v) is 18.8. The summed E-state index contributed by atoms with van der Waals surface area (Å²) < 4.78 is 38.3. The molecule has 7 nitrogen and oxygen atoms in total. The first-order valence-electron chi connectivity index (χ1n) is 11.4. The van der Waals surface area contributed by atoms with E-state index in [4.69, 9.17) is 0 Å². The highest BCUT2D eigenvalue weighted by Gasteiger charge is 2.30. The molecule has 1 aromatic carbocycles. The van der Waals surface area contributed by atoms with Crippen LogP contribution in [0.25, 0.3) is 22.0 Å². The number of nitrogens with one attached hydrogen (secondary N) is 2. The maximum atomic E-state index is 12.8. The van der Waals surface area contributed by atoms with Gasteiger partial charge in [-0.2, -0.15) is 18.3 Å². The summed E-state index contributed by atoms with van der Waals surface area (Å²) in [5.41, 5.74) is 2.84. The molecule has 1 aliphatic heterocycles. The predicted octanol–water partition coefficient (Wildman–Crippen LogP) is 5.28. The van der Waals surface area contributed by atoms with E-state index in [0.717, 1.165) is 48.5 Å². The van der Waals surface area contributed by atoms with Crippen molar-refractivity contribution in [1.29, 1.82) is 0 Å². The van der Waals surface area contributed by atoms with Crippen molar-refractivity contribution >= 4 is 22.6 Å². The van der Waals surface area contributed by atoms with Gasteiger partial charge in [0.2, 0.25) is 0 Å². The number of carbonyl (C=O) groups excluding carboxylic acids is 1. The van der Waals surface area contributed by atoms with E-state index >= 15 is 0 Å². The van der Waals surface area contributed by atoms with Gasteiger partial charge >= 0.3 is 6.18 Å². The molecule has 0 radical (unpaired) electrons. The van der Waals surface area contributed by atoms with Crippen LogP contribution >= 0.6 is 0 Å². The van der Waals surface area contributed by atoms with Crippen molar-refractivity contribution in [3.05, 3.63) is 71.8 Å². The second-order valence-corrected chi connectivity index (χ2v) is 8.64. The van der Waals surface area contributed by atoms with Gasteiger partial charge in [0.1, 0.15) is 5.82 Å². The number of hydrogen-bond acceptors (Lipinski definition) is 5. The van der Waals surface area contributed by atoms with Crippen molar-refractivity contribution in [3.63, 3.8) is 0 Å². The quantitative estimate of drug-likeness (QED) is 0.406. The molecule has 1 amide bonds. The number of piperidine rings is 1. The van der Waals surface area contributed by atoms with Crippen molar-refractivity contribution in [3.8, 4) is 11.1 Å². The van der Waals surface area contributed by atoms with E-state index in [9.17, 15) is 18.0 Å². The predicted molar refractivity (Wildman–Crippen MR) is 126 cm³/mol. The van der Waals surface area contributed by atoms with Gasteiger partial charge in [-0.15, -0.1) is 0 Å². The van der Waals surface area contributed by atoms with E-state index in [-0.39, 0.29) is 11.5 Å². The molecule has 0 bridgehead atoms. The topological polar surface area (TPSA) is 86.8 Å². The summed E-state index contributed by atoms with van der Waals surface area (Å²) in [6.45, 7) is 3.04. The normalized spacial score (nSPS) is 14.8. The van der Waals surface area contributed by atoms with Crippen molar-refractivity contribution in [2.75, 3.05) is 18.4 Å². The summed E-state index contributed by atoms with van der Waals surface area (Å²) in [5.74, 6) is -0.567. The molecule has 4 heterocycles. The number of aromatic amines is 1. The van der Waals surface area contributed by atoms with E-state index in [0.29, 0.717) is 17.1 Å². The Labute approximate surface area is 199 Å². The van der Waals surface area contributed by atoms with Crippen molar-refractivity contribution in [2.45, 2.75) is 32.0 Å². The molecular formula is C25H23F3N6O. The lowest BCUT2D eigenvalue weighted by atomic mass is 10.0. The van der Waals surface area contributed by atoms with E-state index in [1.54, 1.807) is 6.20 Å². The van der Waals surface area contributed by atoms with Gasteiger partial charge in [-0.25, -0.2) is 4.98 Å². The van der Waals surface area contributed by atoms with Crippen LogP contribution in [0.3, 0.4) is 0 Å². The van der Waals surface area contributed by atoms with Crippen LogP contribution in [-0.2, 0) is 12.7 Å². The molecule has 1 aliphatic rings. The highest BCUT2D eigenvalue weighted by molar-refractivity contribution is 6.11. The summed E-state index contributed by atoms with van der Waals surface area (Å²) in [7, 11) is 0. The molecular weight excluding hydrogens is 457 g/mol. The number of aromatic nitrogens is 4. The van der Waals surface area contributed by atoms with Crippen LogP contribution in [0.2, 0.25) is 0 Å². The highest BCUT2D eigenvalue weighted by Crippen LogP contribution is 2.29. The number of fused-ring (bicyclic) bond motifs is 1. The zero-order valence-electron chi connectivity index (χ0n) is 18.8. The number of benzene rings is 1. The molecule has 10 heteroatoms. The summed E-state index contributed by atoms with van der Waals surface area (Å²) in [4.78, 5) is 23.4. The second-order valence-electron chi connectivity index (χ2n) is 8.64. The highest BCUT2D eigenvalue weighted by atomic mass is 19.4. The number of nitrogens with zero attached hydrogens (tertiary/aromatic N) is 4. The summed E-state index contributed by atoms with van der Waals surface area (Å²) in [6.07, 6.45) is 3.57. The maximum Gasteiger partial charge on any atom is 0.417 e. The summed E-state index contributed by atoms with van der Waals surface area (Å²) >= 11 is 0. The lowest BCUT2D eigenvalue weighted by Crippen LogP contribution is -2.29. The maximum absolute atomic E-state index is 12.8. The fraction of sp³-hybridized carbons (Fsp3) is 0.280. The first kappa shape index (κ1) is 23.0. The van der Waals surface area contributed by atoms with E-state index < -0.39 is 17.6 Å². The van der Waals surface area contributed by atoms with Crippen LogP contribution in [0, 0.1) is 0 Å². The van der Waals surface area contributed by atoms with Crippen LogP contribution in [0.5, 0.6) is 0 Å². The average Bonchev–Trinajstić information content (AvgIpc) is 3.28. The minimum atomic E-state index is -4.50. The molecule has 0 spiro atoms. The van der Waals surface area contributed by atoms with Gasteiger partial charge < -0.3 is 5.32 Å². The fourth-order valence-electron chi connectivity index (χ4n) is 4.29. The van der Waals surface area contributed by atoms with Crippen LogP contribution in [0.15, 0.2) is 55.0 Å². The number of alkyl halides is 3. The van der Waals surface area contributed by atoms with Crippen molar-refractivity contribution < 1.29 is 18.0 Å². The molecule has 180 valence electrons. The van der Waals surface area contributed by atoms with Gasteiger partial charge in [0.25, 0.3) is 5.91 Å². The SMILES string of the molecule is O=C(Nc1ccc(C(F)(F)F)cn1)c1n[nH]c2ccc(-c3cncc(CN4CCCCC4)c3)cc12. The lowest BCUT2D eigenvalue weighted by Gasteiger charge is -2.26. The first-order chi connectivity index (χ1) is 16.9. The van der Waals surface area contributed by atoms with Crippen molar-refractivity contribution in [2.24, 2.45) is 0 Å². The number of anilines is 1. The van der Waals surface area contributed by atoms with Crippen molar-refractivity contribution in [1.82, 2.24) is 25.1 Å². The third-order valence-electron chi connectivity index (χ3n) is 6.09. The minimum absolute atomic E-state index is 0.00455. The second kappa shape index (κ2) is 9.46. The fourth-order valence-corrected chi connectivity index (χ4v) is 4.29. The van der Waals surface area contributed by atoms with Crippen LogP contribution in [-0.4, -0.2) is 44.1 Å². The number of pyridine rings is 2. The molecule has 35 heavy (non-hydrogen) atoms. The minimum Gasteiger partial charge on any atom is -0.305 e. The molecule has 0 atom stereocenters. The Morgan fingerprint density at radius 3 is 2.57 bits per heavy atom. The molecule has 0 aliphatic carbocycles. The molecule has 0 saturated carbocycles. The molecule has 1 saturated heterocycles. The van der Waals surface area contributed by atoms with Gasteiger partial charge in [-0.05, 0) is 67.4 Å². The van der Waals surface area contributed by atoms with Gasteiger partial charge in [0.05, 0.1) is 11.1 Å². The number of likely N-dealkylation sites (tertiary alicyclic amines) is 1. The number of H-pyrrole nitrogens is 1. The number of carbonyl (C=O) groups is 1. The Hall–Kier alpha value is -3.79. The molecule has 2 N–H and O–H groups in total. The largest absolute Gasteiger partial charge is 0.417 e. The summed E-state index contributed by atoms with van der Waals surface area (Å²) in [6, 6.07) is 9.71. The Morgan fingerprint density at radius 2 is 1.83 bits per heavy atom. The van der Waals surface area contributed by atoms with E-state index in [1.807, 2.05) is 24.4 Å². The lowest BCUT2D eigenvalue weighted by molar-refractivity contribution is -0.137. The Balaban J connectivity index is 1.37.